The molecule has 0 fully saturated rings. The van der Waals surface area contributed by atoms with E-state index in [0.29, 0.717) is 0 Å². The maximum atomic E-state index is 10.4. The molecule has 15 heavy (non-hydrogen) atoms. The van der Waals surface area contributed by atoms with Crippen molar-refractivity contribution in [1.82, 2.24) is 0 Å². The Morgan fingerprint density at radius 2 is 1.93 bits per heavy atom. The van der Waals surface area contributed by atoms with E-state index in [-0.39, 0.29) is 19.4 Å². The first-order chi connectivity index (χ1) is 6.76. The van der Waals surface area contributed by atoms with E-state index in [2.05, 4.69) is 4.52 Å². The molecular formula is C6H15N2O6P. The van der Waals surface area contributed by atoms with Crippen LogP contribution in [0.2, 0.25) is 0 Å². The highest BCUT2D eigenvalue weighted by molar-refractivity contribution is 7.46. The van der Waals surface area contributed by atoms with Gasteiger partial charge >= 0.3 is 13.8 Å². The van der Waals surface area contributed by atoms with Crippen molar-refractivity contribution in [2.75, 3.05) is 6.54 Å². The van der Waals surface area contributed by atoms with E-state index in [9.17, 15) is 9.36 Å². The van der Waals surface area contributed by atoms with Gasteiger partial charge in [0.15, 0.2) is 0 Å². The van der Waals surface area contributed by atoms with Gasteiger partial charge in [-0.05, 0) is 12.8 Å². The summed E-state index contributed by atoms with van der Waals surface area (Å²) in [6, 6.07) is -1.08. The Bertz CT molecular complexity index is 254. The molecule has 0 aliphatic carbocycles. The van der Waals surface area contributed by atoms with Crippen molar-refractivity contribution in [3.05, 3.63) is 0 Å². The minimum absolute atomic E-state index is 0.0389. The van der Waals surface area contributed by atoms with Crippen LogP contribution in [0.25, 0.3) is 0 Å². The zero-order chi connectivity index (χ0) is 12.1. The Morgan fingerprint density at radius 1 is 1.40 bits per heavy atom. The fraction of sp³-hybridized carbons (Fsp3) is 0.833. The highest BCUT2D eigenvalue weighted by Gasteiger charge is 2.22. The molecule has 2 atom stereocenters. The van der Waals surface area contributed by atoms with Gasteiger partial charge in [-0.1, -0.05) is 0 Å². The summed E-state index contributed by atoms with van der Waals surface area (Å²) in [6.07, 6.45) is -0.775. The summed E-state index contributed by atoms with van der Waals surface area (Å²) in [6.45, 7) is -0.114. The van der Waals surface area contributed by atoms with E-state index >= 15 is 0 Å². The maximum absolute atomic E-state index is 10.4. The molecule has 0 radical (unpaired) electrons. The van der Waals surface area contributed by atoms with Gasteiger partial charge in [-0.3, -0.25) is 9.32 Å². The predicted octanol–water partition coefficient (Wildman–Crippen LogP) is -1.38. The first-order valence-corrected chi connectivity index (χ1v) is 5.71. The Hall–Kier alpha value is -0.500. The molecule has 0 aromatic heterocycles. The number of rotatable bonds is 7. The molecule has 0 bridgehead atoms. The number of phosphoric acid groups is 1. The standard InChI is InChI=1S/C6H15N2O6P/c7-3-4(14-15(11,12)13)1-2-5(8)6(9)10/h4-5H,1-3,7-8H2,(H,9,10)(H2,11,12,13)/t4-,5+/m1/s1. The van der Waals surface area contributed by atoms with Crippen LogP contribution < -0.4 is 11.5 Å². The number of phosphoric ester groups is 1. The normalized spacial score (nSPS) is 16.0. The molecule has 90 valence electrons. The van der Waals surface area contributed by atoms with Crippen LogP contribution in [0.3, 0.4) is 0 Å². The van der Waals surface area contributed by atoms with Crippen LogP contribution in [0.4, 0.5) is 0 Å². The van der Waals surface area contributed by atoms with Crippen molar-refractivity contribution >= 4 is 13.8 Å². The molecule has 0 aromatic carbocycles. The van der Waals surface area contributed by atoms with Crippen LogP contribution >= 0.6 is 7.82 Å². The molecule has 0 heterocycles. The van der Waals surface area contributed by atoms with Gasteiger partial charge in [0.1, 0.15) is 6.04 Å². The summed E-state index contributed by atoms with van der Waals surface area (Å²) in [5.41, 5.74) is 10.4. The smallest absolute Gasteiger partial charge is 0.469 e. The zero-order valence-electron chi connectivity index (χ0n) is 7.94. The Balaban J connectivity index is 4.01. The van der Waals surface area contributed by atoms with Crippen molar-refractivity contribution in [1.29, 1.82) is 0 Å². The van der Waals surface area contributed by atoms with E-state index < -0.39 is 25.9 Å². The van der Waals surface area contributed by atoms with Crippen LogP contribution in [0.1, 0.15) is 12.8 Å². The first-order valence-electron chi connectivity index (χ1n) is 4.18. The quantitative estimate of drug-likeness (QED) is 0.342. The molecule has 0 spiro atoms. The minimum atomic E-state index is -4.59. The molecule has 0 aliphatic rings. The van der Waals surface area contributed by atoms with Crippen LogP contribution in [0.5, 0.6) is 0 Å². The molecule has 0 saturated carbocycles. The Morgan fingerprint density at radius 3 is 2.27 bits per heavy atom. The molecule has 8 nitrogen and oxygen atoms in total. The second-order valence-corrected chi connectivity index (χ2v) is 4.17. The van der Waals surface area contributed by atoms with Crippen molar-refractivity contribution in [2.45, 2.75) is 25.0 Å². The number of nitrogens with two attached hydrogens (primary N) is 2. The number of hydrogen-bond donors (Lipinski definition) is 5. The first kappa shape index (κ1) is 14.5. The zero-order valence-corrected chi connectivity index (χ0v) is 8.84. The monoisotopic (exact) mass is 242 g/mol. The number of hydrogen-bond acceptors (Lipinski definition) is 5. The van der Waals surface area contributed by atoms with Crippen LogP contribution in [0.15, 0.2) is 0 Å². The average molecular weight is 242 g/mol. The van der Waals surface area contributed by atoms with E-state index in [1.54, 1.807) is 0 Å². The molecule has 7 N–H and O–H groups in total. The van der Waals surface area contributed by atoms with Crippen molar-refractivity contribution in [2.24, 2.45) is 11.5 Å². The highest BCUT2D eigenvalue weighted by Crippen LogP contribution is 2.38. The van der Waals surface area contributed by atoms with Crippen molar-refractivity contribution in [3.63, 3.8) is 0 Å². The average Bonchev–Trinajstić information content (AvgIpc) is 2.09. The van der Waals surface area contributed by atoms with Gasteiger partial charge in [0.25, 0.3) is 0 Å². The SMILES string of the molecule is NC[C@@H](CC[C@H](N)C(=O)O)OP(=O)(O)O. The van der Waals surface area contributed by atoms with Gasteiger partial charge < -0.3 is 26.4 Å². The van der Waals surface area contributed by atoms with E-state index in [4.69, 9.17) is 26.4 Å². The highest BCUT2D eigenvalue weighted by atomic mass is 31.2. The third kappa shape index (κ3) is 7.43. The summed E-state index contributed by atoms with van der Waals surface area (Å²) in [4.78, 5) is 27.3. The van der Waals surface area contributed by atoms with Gasteiger partial charge in [0, 0.05) is 6.54 Å². The largest absolute Gasteiger partial charge is 0.480 e. The number of carbonyl (C=O) groups is 1. The van der Waals surface area contributed by atoms with Crippen molar-refractivity contribution in [3.8, 4) is 0 Å². The number of aliphatic carboxylic acids is 1. The molecule has 0 aliphatic heterocycles. The predicted molar refractivity (Wildman–Crippen MR) is 50.8 cm³/mol. The minimum Gasteiger partial charge on any atom is -0.480 e. The Kier molecular flexibility index (Phi) is 5.96. The molecule has 0 aromatic rings. The molecular weight excluding hydrogens is 227 g/mol. The summed E-state index contributed by atoms with van der Waals surface area (Å²) < 4.78 is 14.8. The molecule has 0 amide bonds. The molecule has 0 saturated heterocycles. The molecule has 0 unspecified atom stereocenters. The lowest BCUT2D eigenvalue weighted by atomic mass is 10.1. The van der Waals surface area contributed by atoms with Gasteiger partial charge in [-0.25, -0.2) is 4.57 Å². The molecule has 9 heteroatoms. The summed E-state index contributed by atoms with van der Waals surface area (Å²) in [5.74, 6) is -1.18. The number of carboxylic acids is 1. The fourth-order valence-corrected chi connectivity index (χ4v) is 1.48. The van der Waals surface area contributed by atoms with Gasteiger partial charge in [-0.2, -0.15) is 0 Å². The van der Waals surface area contributed by atoms with Gasteiger partial charge in [-0.15, -0.1) is 0 Å². The van der Waals surface area contributed by atoms with E-state index in [1.165, 1.54) is 0 Å². The van der Waals surface area contributed by atoms with Crippen LogP contribution in [0, 0.1) is 0 Å². The summed E-state index contributed by atoms with van der Waals surface area (Å²) in [7, 11) is -4.59. The summed E-state index contributed by atoms with van der Waals surface area (Å²) >= 11 is 0. The Labute approximate surface area is 86.5 Å². The third-order valence-electron chi connectivity index (χ3n) is 1.67. The third-order valence-corrected chi connectivity index (χ3v) is 2.24. The molecule has 0 rings (SSSR count). The van der Waals surface area contributed by atoms with Crippen LogP contribution in [-0.2, 0) is 13.9 Å². The topological polar surface area (TPSA) is 156 Å². The maximum Gasteiger partial charge on any atom is 0.469 e. The van der Waals surface area contributed by atoms with E-state index in [1.807, 2.05) is 0 Å². The summed E-state index contributed by atoms with van der Waals surface area (Å²) in [5, 5.41) is 8.45. The lowest BCUT2D eigenvalue weighted by molar-refractivity contribution is -0.138. The van der Waals surface area contributed by atoms with Crippen LogP contribution in [-0.4, -0.2) is 39.6 Å². The fourth-order valence-electron chi connectivity index (χ4n) is 0.897. The van der Waals surface area contributed by atoms with Gasteiger partial charge in [0.2, 0.25) is 0 Å². The van der Waals surface area contributed by atoms with Crippen molar-refractivity contribution < 1.29 is 28.8 Å². The van der Waals surface area contributed by atoms with E-state index in [0.717, 1.165) is 0 Å². The second kappa shape index (κ2) is 6.16. The van der Waals surface area contributed by atoms with Gasteiger partial charge in [0.05, 0.1) is 6.10 Å². The lowest BCUT2D eigenvalue weighted by Crippen LogP contribution is -2.32. The number of carboxylic acid groups (broad SMARTS) is 1. The lowest BCUT2D eigenvalue weighted by Gasteiger charge is -2.17. The second-order valence-electron chi connectivity index (χ2n) is 2.98.